The molecule has 1 aromatic heterocycles. The van der Waals surface area contributed by atoms with Crippen LogP contribution in [0, 0.1) is 11.8 Å². The molecule has 1 aromatic carbocycles. The Morgan fingerprint density at radius 1 is 1.19 bits per heavy atom. The lowest BCUT2D eigenvalue weighted by atomic mass is 9.95. The topological polar surface area (TPSA) is 58.4 Å². The highest BCUT2D eigenvalue weighted by atomic mass is 35.5. The molecule has 27 heavy (non-hydrogen) atoms. The Kier molecular flexibility index (Phi) is 5.16. The fraction of sp³-hybridized carbons (Fsp3) is 0.450. The molecule has 7 heteroatoms. The molecular formula is C20H23ClN4O2. The van der Waals surface area contributed by atoms with E-state index >= 15 is 0 Å². The average molecular weight is 387 g/mol. The van der Waals surface area contributed by atoms with Gasteiger partial charge in [-0.05, 0) is 49.1 Å². The zero-order chi connectivity index (χ0) is 18.8. The van der Waals surface area contributed by atoms with E-state index in [0.717, 1.165) is 38.2 Å². The van der Waals surface area contributed by atoms with Gasteiger partial charge in [0, 0.05) is 55.7 Å². The summed E-state index contributed by atoms with van der Waals surface area (Å²) in [6.07, 6.45) is 6.02. The summed E-state index contributed by atoms with van der Waals surface area (Å²) in [6.45, 7) is 2.88. The molecule has 2 saturated heterocycles. The summed E-state index contributed by atoms with van der Waals surface area (Å²) in [7, 11) is 0. The molecule has 142 valence electrons. The minimum absolute atomic E-state index is 0.00393. The van der Waals surface area contributed by atoms with E-state index < -0.39 is 0 Å². The van der Waals surface area contributed by atoms with Gasteiger partial charge < -0.3 is 9.80 Å². The van der Waals surface area contributed by atoms with Crippen molar-refractivity contribution < 1.29 is 9.59 Å². The number of carbonyl (C=O) groups is 2. The lowest BCUT2D eigenvalue weighted by Crippen LogP contribution is -2.43. The molecule has 2 aliphatic rings. The van der Waals surface area contributed by atoms with Crippen LogP contribution in [0.3, 0.4) is 0 Å². The van der Waals surface area contributed by atoms with Gasteiger partial charge in [0.05, 0.1) is 5.92 Å². The first-order chi connectivity index (χ1) is 13.1. The van der Waals surface area contributed by atoms with Crippen LogP contribution < -0.4 is 4.90 Å². The predicted octanol–water partition coefficient (Wildman–Crippen LogP) is 2.83. The molecular weight excluding hydrogens is 364 g/mol. The third-order valence-corrected chi connectivity index (χ3v) is 5.80. The van der Waals surface area contributed by atoms with E-state index in [1.165, 1.54) is 0 Å². The number of carbonyl (C=O) groups excluding carboxylic acids is 2. The van der Waals surface area contributed by atoms with E-state index in [4.69, 9.17) is 11.6 Å². The first-order valence-electron chi connectivity index (χ1n) is 9.42. The smallest absolute Gasteiger partial charge is 0.228 e. The molecule has 2 amide bonds. The highest BCUT2D eigenvalue weighted by molar-refractivity contribution is 6.30. The summed E-state index contributed by atoms with van der Waals surface area (Å²) in [4.78, 5) is 28.9. The van der Waals surface area contributed by atoms with E-state index in [2.05, 4.69) is 5.10 Å². The van der Waals surface area contributed by atoms with Gasteiger partial charge in [-0.1, -0.05) is 11.6 Å². The largest absolute Gasteiger partial charge is 0.342 e. The quantitative estimate of drug-likeness (QED) is 0.811. The molecule has 2 aromatic rings. The molecule has 0 aliphatic carbocycles. The highest BCUT2D eigenvalue weighted by Crippen LogP contribution is 2.29. The number of amides is 2. The summed E-state index contributed by atoms with van der Waals surface area (Å²) >= 11 is 5.92. The molecule has 4 rings (SSSR count). The van der Waals surface area contributed by atoms with Gasteiger partial charge >= 0.3 is 0 Å². The van der Waals surface area contributed by atoms with Gasteiger partial charge in [-0.25, -0.2) is 0 Å². The second-order valence-electron chi connectivity index (χ2n) is 7.38. The Bertz CT molecular complexity index is 798. The van der Waals surface area contributed by atoms with Crippen LogP contribution in [0.25, 0.3) is 0 Å². The number of nitrogens with zero attached hydrogens (tertiary/aromatic N) is 4. The first kappa shape index (κ1) is 18.0. The van der Waals surface area contributed by atoms with Gasteiger partial charge in [0.1, 0.15) is 0 Å². The third-order valence-electron chi connectivity index (χ3n) is 5.54. The first-order valence-corrected chi connectivity index (χ1v) is 9.80. The fourth-order valence-electron chi connectivity index (χ4n) is 4.01. The van der Waals surface area contributed by atoms with Gasteiger partial charge in [0.25, 0.3) is 0 Å². The second kappa shape index (κ2) is 7.72. The van der Waals surface area contributed by atoms with E-state index in [0.29, 0.717) is 17.5 Å². The summed E-state index contributed by atoms with van der Waals surface area (Å²) < 4.78 is 1.96. The molecule has 2 aliphatic heterocycles. The molecule has 1 atom stereocenters. The Morgan fingerprint density at radius 3 is 2.59 bits per heavy atom. The molecule has 0 saturated carbocycles. The zero-order valence-electron chi connectivity index (χ0n) is 15.1. The minimum Gasteiger partial charge on any atom is -0.342 e. The number of hydrogen-bond acceptors (Lipinski definition) is 3. The number of rotatable bonds is 4. The van der Waals surface area contributed by atoms with Crippen LogP contribution in [0.4, 0.5) is 5.69 Å². The SMILES string of the molecule is O=C(C1CC(=O)N(c2ccc(Cl)cc2)C1)N1CCC(Cn2cccn2)CC1. The van der Waals surface area contributed by atoms with Crippen molar-refractivity contribution in [2.24, 2.45) is 11.8 Å². The van der Waals surface area contributed by atoms with Crippen molar-refractivity contribution in [3.8, 4) is 0 Å². The summed E-state index contributed by atoms with van der Waals surface area (Å²) in [5, 5.41) is 4.90. The Morgan fingerprint density at radius 2 is 1.93 bits per heavy atom. The predicted molar refractivity (Wildman–Crippen MR) is 103 cm³/mol. The summed E-state index contributed by atoms with van der Waals surface area (Å²) in [5.74, 6) is 0.405. The van der Waals surface area contributed by atoms with Crippen LogP contribution in [-0.2, 0) is 16.1 Å². The molecule has 6 nitrogen and oxygen atoms in total. The lowest BCUT2D eigenvalue weighted by molar-refractivity contribution is -0.137. The molecule has 0 spiro atoms. The van der Waals surface area contributed by atoms with Crippen LogP contribution in [0.5, 0.6) is 0 Å². The highest BCUT2D eigenvalue weighted by Gasteiger charge is 2.38. The maximum atomic E-state index is 12.9. The van der Waals surface area contributed by atoms with Crippen LogP contribution in [0.1, 0.15) is 19.3 Å². The molecule has 3 heterocycles. The van der Waals surface area contributed by atoms with Gasteiger partial charge in [0.15, 0.2) is 0 Å². The number of anilines is 1. The number of aromatic nitrogens is 2. The van der Waals surface area contributed by atoms with Crippen LogP contribution in [-0.4, -0.2) is 46.1 Å². The van der Waals surface area contributed by atoms with Crippen molar-refractivity contribution in [3.05, 3.63) is 47.7 Å². The molecule has 0 bridgehead atoms. The van der Waals surface area contributed by atoms with Gasteiger partial charge in [0.2, 0.25) is 11.8 Å². The number of piperidine rings is 1. The van der Waals surface area contributed by atoms with Crippen LogP contribution in [0.2, 0.25) is 5.02 Å². The van der Waals surface area contributed by atoms with Crippen LogP contribution >= 0.6 is 11.6 Å². The maximum Gasteiger partial charge on any atom is 0.228 e. The van der Waals surface area contributed by atoms with E-state index in [9.17, 15) is 9.59 Å². The van der Waals surface area contributed by atoms with Crippen LogP contribution in [0.15, 0.2) is 42.7 Å². The number of hydrogen-bond donors (Lipinski definition) is 0. The van der Waals surface area contributed by atoms with Crippen molar-refractivity contribution in [1.29, 1.82) is 0 Å². The Hall–Kier alpha value is -2.34. The van der Waals surface area contributed by atoms with E-state index in [1.807, 2.05) is 34.0 Å². The van der Waals surface area contributed by atoms with Gasteiger partial charge in [-0.3, -0.25) is 14.3 Å². The number of halogens is 1. The zero-order valence-corrected chi connectivity index (χ0v) is 15.9. The van der Waals surface area contributed by atoms with Gasteiger partial charge in [-0.2, -0.15) is 5.10 Å². The monoisotopic (exact) mass is 386 g/mol. The Balaban J connectivity index is 1.32. The van der Waals surface area contributed by atoms with Crippen molar-refractivity contribution in [3.63, 3.8) is 0 Å². The lowest BCUT2D eigenvalue weighted by Gasteiger charge is -2.33. The summed E-state index contributed by atoms with van der Waals surface area (Å²) in [5.41, 5.74) is 0.803. The standard InChI is InChI=1S/C20H23ClN4O2/c21-17-2-4-18(5-3-17)25-14-16(12-19(25)26)20(27)23-10-6-15(7-11-23)13-24-9-1-8-22-24/h1-5,8-9,15-16H,6-7,10-14H2. The van der Waals surface area contributed by atoms with E-state index in [-0.39, 0.29) is 24.2 Å². The number of benzene rings is 1. The van der Waals surface area contributed by atoms with Crippen molar-refractivity contribution in [2.75, 3.05) is 24.5 Å². The molecule has 0 radical (unpaired) electrons. The van der Waals surface area contributed by atoms with Gasteiger partial charge in [-0.15, -0.1) is 0 Å². The van der Waals surface area contributed by atoms with Crippen molar-refractivity contribution in [1.82, 2.24) is 14.7 Å². The van der Waals surface area contributed by atoms with Crippen molar-refractivity contribution in [2.45, 2.75) is 25.8 Å². The second-order valence-corrected chi connectivity index (χ2v) is 7.82. The minimum atomic E-state index is -0.254. The fourth-order valence-corrected chi connectivity index (χ4v) is 4.14. The Labute approximate surface area is 163 Å². The molecule has 2 fully saturated rings. The molecule has 1 unspecified atom stereocenters. The average Bonchev–Trinajstić information content (AvgIpc) is 3.32. The molecule has 0 N–H and O–H groups in total. The normalized spacial score (nSPS) is 21.1. The summed E-state index contributed by atoms with van der Waals surface area (Å²) in [6, 6.07) is 9.12. The number of likely N-dealkylation sites (tertiary alicyclic amines) is 1. The maximum absolute atomic E-state index is 12.9. The third kappa shape index (κ3) is 4.00. The van der Waals surface area contributed by atoms with E-state index in [1.54, 1.807) is 23.2 Å². The van der Waals surface area contributed by atoms with Crippen molar-refractivity contribution >= 4 is 29.1 Å².